The first-order valence-electron chi connectivity index (χ1n) is 5.54. The Balaban J connectivity index is 1.98. The summed E-state index contributed by atoms with van der Waals surface area (Å²) in [5.74, 6) is 3.28. The van der Waals surface area contributed by atoms with Gasteiger partial charge in [0.05, 0.1) is 0 Å². The van der Waals surface area contributed by atoms with E-state index in [-0.39, 0.29) is 5.91 Å². The van der Waals surface area contributed by atoms with Crippen LogP contribution in [0.3, 0.4) is 0 Å². The van der Waals surface area contributed by atoms with Crippen LogP contribution in [0.5, 0.6) is 0 Å². The summed E-state index contributed by atoms with van der Waals surface area (Å²) in [6, 6.07) is 0. The summed E-state index contributed by atoms with van der Waals surface area (Å²) in [7, 11) is 0. The lowest BCUT2D eigenvalue weighted by Gasteiger charge is -2.55. The molecule has 2 unspecified atom stereocenters. The zero-order valence-corrected chi connectivity index (χ0v) is 9.07. The van der Waals surface area contributed by atoms with E-state index in [1.165, 1.54) is 12.5 Å². The molecule has 0 aromatic carbocycles. The van der Waals surface area contributed by atoms with Crippen LogP contribution >= 0.6 is 0 Å². The quantitative estimate of drug-likeness (QED) is 0.614. The molecule has 0 radical (unpaired) electrons. The molecule has 0 aromatic heterocycles. The van der Waals surface area contributed by atoms with Crippen molar-refractivity contribution >= 4 is 5.91 Å². The Morgan fingerprint density at radius 1 is 1.43 bits per heavy atom. The van der Waals surface area contributed by atoms with Gasteiger partial charge in [0, 0.05) is 13.1 Å². The van der Waals surface area contributed by atoms with Crippen LogP contribution in [0.25, 0.3) is 0 Å². The molecule has 2 aliphatic heterocycles. The summed E-state index contributed by atoms with van der Waals surface area (Å²) in [6.45, 7) is 10.1. The van der Waals surface area contributed by atoms with Crippen LogP contribution in [0.15, 0.2) is 12.7 Å². The highest BCUT2D eigenvalue weighted by molar-refractivity contribution is 5.87. The molecule has 14 heavy (non-hydrogen) atoms. The van der Waals surface area contributed by atoms with Gasteiger partial charge in [-0.3, -0.25) is 4.79 Å². The number of amides is 1. The van der Waals surface area contributed by atoms with Gasteiger partial charge in [0.15, 0.2) is 0 Å². The average molecular weight is 193 g/mol. The van der Waals surface area contributed by atoms with Crippen molar-refractivity contribution in [1.82, 2.24) is 4.90 Å². The van der Waals surface area contributed by atoms with Crippen LogP contribution in [0.4, 0.5) is 0 Å². The van der Waals surface area contributed by atoms with Gasteiger partial charge in [0.1, 0.15) is 0 Å². The maximum absolute atomic E-state index is 11.4. The Morgan fingerprint density at radius 2 is 2.00 bits per heavy atom. The molecule has 2 bridgehead atoms. The van der Waals surface area contributed by atoms with E-state index in [0.717, 1.165) is 36.8 Å². The van der Waals surface area contributed by atoms with Crippen molar-refractivity contribution in [2.75, 3.05) is 13.1 Å². The lowest BCUT2D eigenvalue weighted by molar-refractivity contribution is -0.139. The number of nitrogens with zero attached hydrogens (tertiary/aromatic N) is 1. The van der Waals surface area contributed by atoms with Crippen molar-refractivity contribution in [3.8, 4) is 0 Å². The van der Waals surface area contributed by atoms with Crippen molar-refractivity contribution in [3.63, 3.8) is 0 Å². The molecule has 1 saturated carbocycles. The van der Waals surface area contributed by atoms with E-state index >= 15 is 0 Å². The van der Waals surface area contributed by atoms with Gasteiger partial charge in [0.2, 0.25) is 5.91 Å². The van der Waals surface area contributed by atoms with Crippen molar-refractivity contribution < 1.29 is 4.79 Å². The molecule has 2 nitrogen and oxygen atoms in total. The molecule has 0 aromatic rings. The molecule has 1 aliphatic carbocycles. The number of piperidine rings is 2. The largest absolute Gasteiger partial charge is 0.339 e. The molecule has 0 spiro atoms. The van der Waals surface area contributed by atoms with Gasteiger partial charge in [-0.2, -0.15) is 0 Å². The second-order valence-corrected chi connectivity index (χ2v) is 5.02. The molecule has 2 heteroatoms. The van der Waals surface area contributed by atoms with E-state index < -0.39 is 0 Å². The number of fused-ring (bicyclic) bond motifs is 2. The molecular formula is C12H19NO. The second kappa shape index (κ2) is 3.41. The standard InChI is InChI=1S/C12H19NO/c1-4-11(14)13-6-9-5-10(7-13)12(9)8(2)3/h4,8-10,12H,1,5-7H2,2-3H3. The van der Waals surface area contributed by atoms with Gasteiger partial charge in [-0.15, -0.1) is 0 Å². The zero-order chi connectivity index (χ0) is 10.3. The van der Waals surface area contributed by atoms with Crippen LogP contribution in [0, 0.1) is 23.7 Å². The van der Waals surface area contributed by atoms with Gasteiger partial charge in [-0.05, 0) is 36.2 Å². The van der Waals surface area contributed by atoms with Crippen molar-refractivity contribution in [2.24, 2.45) is 23.7 Å². The predicted octanol–water partition coefficient (Wildman–Crippen LogP) is 1.92. The number of hydrogen-bond donors (Lipinski definition) is 0. The highest BCUT2D eigenvalue weighted by atomic mass is 16.2. The molecule has 2 saturated heterocycles. The third kappa shape index (κ3) is 1.37. The van der Waals surface area contributed by atoms with Gasteiger partial charge in [-0.1, -0.05) is 20.4 Å². The number of carbonyl (C=O) groups excluding carboxylic acids is 1. The summed E-state index contributed by atoms with van der Waals surface area (Å²) in [4.78, 5) is 13.4. The fourth-order valence-electron chi connectivity index (χ4n) is 3.32. The number of hydrogen-bond acceptors (Lipinski definition) is 1. The first-order valence-corrected chi connectivity index (χ1v) is 5.54. The van der Waals surface area contributed by atoms with Gasteiger partial charge in [-0.25, -0.2) is 0 Å². The maximum Gasteiger partial charge on any atom is 0.245 e. The normalized spacial score (nSPS) is 35.4. The summed E-state index contributed by atoms with van der Waals surface area (Å²) in [6.07, 6.45) is 2.78. The molecule has 2 heterocycles. The van der Waals surface area contributed by atoms with Gasteiger partial charge < -0.3 is 4.90 Å². The minimum atomic E-state index is 0.113. The molecular weight excluding hydrogens is 174 g/mol. The van der Waals surface area contributed by atoms with Crippen LogP contribution in [-0.4, -0.2) is 23.9 Å². The van der Waals surface area contributed by atoms with Crippen LogP contribution in [0.1, 0.15) is 20.3 Å². The van der Waals surface area contributed by atoms with Crippen LogP contribution < -0.4 is 0 Å². The summed E-state index contributed by atoms with van der Waals surface area (Å²) >= 11 is 0. The first kappa shape index (κ1) is 9.75. The Morgan fingerprint density at radius 3 is 2.43 bits per heavy atom. The van der Waals surface area contributed by atoms with E-state index in [9.17, 15) is 4.79 Å². The molecule has 0 N–H and O–H groups in total. The first-order chi connectivity index (χ1) is 6.63. The molecule has 1 amide bonds. The van der Waals surface area contributed by atoms with Crippen LogP contribution in [0.2, 0.25) is 0 Å². The van der Waals surface area contributed by atoms with E-state index in [1.807, 2.05) is 4.90 Å². The summed E-state index contributed by atoms with van der Waals surface area (Å²) in [5.41, 5.74) is 0. The Labute approximate surface area is 86.0 Å². The molecule has 3 rings (SSSR count). The SMILES string of the molecule is C=CC(=O)N1CC2CC(C1)C2C(C)C. The number of carbonyl (C=O) groups is 1. The fraction of sp³-hybridized carbons (Fsp3) is 0.750. The third-order valence-corrected chi connectivity index (χ3v) is 3.86. The van der Waals surface area contributed by atoms with E-state index in [1.54, 1.807) is 0 Å². The van der Waals surface area contributed by atoms with Crippen molar-refractivity contribution in [1.29, 1.82) is 0 Å². The Bertz CT molecular complexity index is 247. The van der Waals surface area contributed by atoms with Crippen molar-refractivity contribution in [3.05, 3.63) is 12.7 Å². The lowest BCUT2D eigenvalue weighted by Crippen LogP contribution is -2.57. The minimum absolute atomic E-state index is 0.113. The highest BCUT2D eigenvalue weighted by Gasteiger charge is 2.48. The molecule has 3 fully saturated rings. The smallest absolute Gasteiger partial charge is 0.245 e. The van der Waals surface area contributed by atoms with Crippen LogP contribution in [-0.2, 0) is 4.79 Å². The minimum Gasteiger partial charge on any atom is -0.339 e. The topological polar surface area (TPSA) is 20.3 Å². The molecule has 3 aliphatic rings. The Kier molecular flexibility index (Phi) is 2.38. The number of rotatable bonds is 2. The van der Waals surface area contributed by atoms with E-state index in [4.69, 9.17) is 0 Å². The monoisotopic (exact) mass is 193 g/mol. The summed E-state index contributed by atoms with van der Waals surface area (Å²) in [5, 5.41) is 0. The average Bonchev–Trinajstić information content (AvgIpc) is 2.15. The molecule has 78 valence electrons. The van der Waals surface area contributed by atoms with E-state index in [0.29, 0.717) is 0 Å². The second-order valence-electron chi connectivity index (χ2n) is 5.02. The van der Waals surface area contributed by atoms with E-state index in [2.05, 4.69) is 20.4 Å². The maximum atomic E-state index is 11.4. The highest BCUT2D eigenvalue weighted by Crippen LogP contribution is 2.49. The fourth-order valence-corrected chi connectivity index (χ4v) is 3.32. The molecule has 2 atom stereocenters. The van der Waals surface area contributed by atoms with Gasteiger partial charge in [0.25, 0.3) is 0 Å². The zero-order valence-electron chi connectivity index (χ0n) is 9.07. The predicted molar refractivity (Wildman–Crippen MR) is 56.7 cm³/mol. The Hall–Kier alpha value is -0.790. The van der Waals surface area contributed by atoms with Crippen molar-refractivity contribution in [2.45, 2.75) is 20.3 Å². The summed E-state index contributed by atoms with van der Waals surface area (Å²) < 4.78 is 0. The lowest BCUT2D eigenvalue weighted by atomic mass is 9.57. The third-order valence-electron chi connectivity index (χ3n) is 3.86. The van der Waals surface area contributed by atoms with Gasteiger partial charge >= 0.3 is 0 Å².